The van der Waals surface area contributed by atoms with Gasteiger partial charge in [0.1, 0.15) is 11.6 Å². The van der Waals surface area contributed by atoms with Crippen molar-refractivity contribution in [2.24, 2.45) is 11.8 Å². The zero-order valence-electron chi connectivity index (χ0n) is 82.6. The number of nitrogens with zero attached hydrogens (tertiary/aromatic N) is 6. The summed E-state index contributed by atoms with van der Waals surface area (Å²) in [6.45, 7) is 24.8. The summed E-state index contributed by atoms with van der Waals surface area (Å²) in [4.78, 5) is 13.4. The lowest BCUT2D eigenvalue weighted by molar-refractivity contribution is 0.627. The SMILES string of the molecule is Cc1ccc(-c2ccc(N(C3=C4C=CC5=C6C(=CC=C(C=C3)C46)C(N(c3ccc(F)cc3)c3ccc(-c4ccc(C)cc4)cc3-c3ccc(C)cc3)C=C5)c3ccc(F)cc3)c(-c3ccc(C)cc3)c2)cc1.[C-]#[N+]c1ccc(N(C2=C3C=CC4=C5C(=CC=C(C=C2)C35)C(N(c2ccc(C#N)cc2)c2ccc(-c3ccc(C)cc3)cc2-c2ccc(C)cc2)C=C4)c2ccc(-c3ccc(C)cc3)cc2-c2ccc(C)cc2)cc1. The van der Waals surface area contributed by atoms with Crippen LogP contribution in [0.4, 0.5) is 60.0 Å². The third-order valence-corrected chi connectivity index (χ3v) is 29.6. The minimum atomic E-state index is -0.287. The molecule has 24 rings (SSSR count). The van der Waals surface area contributed by atoms with E-state index >= 15 is 0 Å². The summed E-state index contributed by atoms with van der Waals surface area (Å²) in [6, 6.07) is 129. The maximum atomic E-state index is 14.9. The Kier molecular flexibility index (Phi) is 24.3. The van der Waals surface area contributed by atoms with Crippen LogP contribution in [-0.2, 0) is 0 Å². The van der Waals surface area contributed by atoms with Gasteiger partial charge in [-0.2, -0.15) is 5.26 Å². The van der Waals surface area contributed by atoms with E-state index in [0.717, 1.165) is 151 Å². The first-order valence-electron chi connectivity index (χ1n) is 50.0. The highest BCUT2D eigenvalue weighted by molar-refractivity contribution is 5.96. The van der Waals surface area contributed by atoms with Crippen LogP contribution in [0.5, 0.6) is 0 Å². The molecule has 4 atom stereocenters. The lowest BCUT2D eigenvalue weighted by Gasteiger charge is -2.44. The van der Waals surface area contributed by atoms with Gasteiger partial charge in [-0.1, -0.05) is 360 Å². The van der Waals surface area contributed by atoms with E-state index in [1.165, 1.54) is 94.7 Å². The largest absolute Gasteiger partial charge is 0.330 e. The summed E-state index contributed by atoms with van der Waals surface area (Å²) in [5.41, 5.74) is 50.9. The lowest BCUT2D eigenvalue weighted by atomic mass is 9.67. The molecule has 16 aromatic rings. The van der Waals surface area contributed by atoms with Gasteiger partial charge < -0.3 is 19.6 Å². The Hall–Kier alpha value is -18.1. The lowest BCUT2D eigenvalue weighted by Crippen LogP contribution is -2.37. The number of allylic oxidation sites excluding steroid dienone is 20. The average Bonchev–Trinajstić information content (AvgIpc) is 0.717. The number of rotatable bonds is 20. The first kappa shape index (κ1) is 91.7. The molecular weight excluding hydrogens is 1780 g/mol. The van der Waals surface area contributed by atoms with Crippen molar-refractivity contribution < 1.29 is 8.78 Å². The normalized spacial score (nSPS) is 16.2. The van der Waals surface area contributed by atoms with Crippen LogP contribution in [0.25, 0.3) is 93.9 Å². The highest BCUT2D eigenvalue weighted by Crippen LogP contribution is 2.58. The summed E-state index contributed by atoms with van der Waals surface area (Å²) >= 11 is 0. The Bertz CT molecular complexity index is 8490. The van der Waals surface area contributed by atoms with Crippen molar-refractivity contribution in [2.45, 2.75) is 67.5 Å². The molecule has 0 fully saturated rings. The molecule has 4 unspecified atom stereocenters. The third-order valence-electron chi connectivity index (χ3n) is 29.6. The molecule has 0 aromatic heterocycles. The van der Waals surface area contributed by atoms with Crippen LogP contribution < -0.4 is 19.6 Å². The molecule has 8 heteroatoms. The van der Waals surface area contributed by atoms with Gasteiger partial charge in [0.05, 0.1) is 53.1 Å². The van der Waals surface area contributed by atoms with Crippen molar-refractivity contribution in [3.05, 3.63) is 601 Å². The van der Waals surface area contributed by atoms with Gasteiger partial charge in [-0.15, -0.1) is 0 Å². The van der Waals surface area contributed by atoms with Gasteiger partial charge in [-0.3, -0.25) is 0 Å². The van der Waals surface area contributed by atoms with Crippen LogP contribution in [0.3, 0.4) is 0 Å². The fraction of sp³-hybridized carbons (Fsp3) is 0.0870. The maximum absolute atomic E-state index is 14.9. The number of hydrogen-bond acceptors (Lipinski definition) is 5. The molecule has 0 heterocycles. The number of anilines is 8. The van der Waals surface area contributed by atoms with Crippen molar-refractivity contribution in [1.29, 1.82) is 5.26 Å². The average molecular weight is 1880 g/mol. The molecule has 0 saturated heterocycles. The molecule has 0 radical (unpaired) electrons. The molecule has 0 bridgehead atoms. The molecule has 0 amide bonds. The van der Waals surface area contributed by atoms with Gasteiger partial charge in [0.25, 0.3) is 0 Å². The van der Waals surface area contributed by atoms with Crippen molar-refractivity contribution in [3.63, 3.8) is 0 Å². The molecule has 6 nitrogen and oxygen atoms in total. The summed E-state index contributed by atoms with van der Waals surface area (Å²) in [6.07, 6.45) is 36.7. The van der Waals surface area contributed by atoms with Crippen LogP contribution in [-0.4, -0.2) is 12.1 Å². The van der Waals surface area contributed by atoms with Gasteiger partial charge in [-0.25, -0.2) is 13.6 Å². The van der Waals surface area contributed by atoms with Gasteiger partial charge in [0, 0.05) is 68.2 Å². The van der Waals surface area contributed by atoms with E-state index in [1.807, 2.05) is 48.5 Å². The fourth-order valence-electron chi connectivity index (χ4n) is 21.8. The smallest absolute Gasteiger partial charge is 0.187 e. The van der Waals surface area contributed by atoms with E-state index in [1.54, 1.807) is 24.3 Å². The van der Waals surface area contributed by atoms with Crippen LogP contribution >= 0.6 is 0 Å². The molecule has 8 aliphatic rings. The molecule has 146 heavy (non-hydrogen) atoms. The summed E-state index contributed by atoms with van der Waals surface area (Å²) < 4.78 is 29.8. The summed E-state index contributed by atoms with van der Waals surface area (Å²) in [5.74, 6) is -0.712. The Morgan fingerprint density at radius 1 is 0.267 bits per heavy atom. The Balaban J connectivity index is 0.000000161. The molecule has 8 aliphatic carbocycles. The minimum absolute atomic E-state index is 0.0505. The van der Waals surface area contributed by atoms with E-state index in [9.17, 15) is 14.0 Å². The predicted octanol–water partition coefficient (Wildman–Crippen LogP) is 36.1. The van der Waals surface area contributed by atoms with Crippen LogP contribution in [0.1, 0.15) is 50.1 Å². The number of halogens is 2. The minimum Gasteiger partial charge on any atom is -0.330 e. The quantitative estimate of drug-likeness (QED) is 0.0712. The summed E-state index contributed by atoms with van der Waals surface area (Å²) in [7, 11) is 0. The topological polar surface area (TPSA) is 41.1 Å². The van der Waals surface area contributed by atoms with Crippen LogP contribution in [0, 0.1) is 96.8 Å². The highest BCUT2D eigenvalue weighted by atomic mass is 19.1. The second-order valence-electron chi connectivity index (χ2n) is 39.3. The van der Waals surface area contributed by atoms with Crippen molar-refractivity contribution in [2.75, 3.05) is 19.6 Å². The van der Waals surface area contributed by atoms with E-state index in [-0.39, 0.29) is 35.6 Å². The highest BCUT2D eigenvalue weighted by Gasteiger charge is 2.44. The first-order chi connectivity index (χ1) is 71.3. The zero-order valence-corrected chi connectivity index (χ0v) is 82.6. The number of aryl methyl sites for hydroxylation is 8. The van der Waals surface area contributed by atoms with Crippen molar-refractivity contribution in [3.8, 4) is 95.1 Å². The van der Waals surface area contributed by atoms with Crippen LogP contribution in [0.15, 0.2) is 528 Å². The standard InChI is InChI=1S/C70H52N4.C68H52F2N2/c1-45-6-16-50(17-7-45)56-28-40-67(63(42-56)52-20-10-47(3)11-21-52)73(59-32-14-49(44-71)15-33-59)65-38-26-54-25-37-62-66(39-27-55-24-36-61(65)69(54)70(55)62)74(60-34-30-58(72-5)31-35-60)68-41-29-57(51-18-8-46(2)9-19-51)43-64(68)53-22-12-48(4)13-23-53;1-43-5-13-47(14-6-43)53-25-39-65(61(41-53)49-17-9-45(3)10-18-49)71(57-31-27-55(69)28-32-57)63-37-23-51-22-36-60-64(38-24-52-21-35-59(63)67(51)68(52)60)72(58-33-29-56(70)30-34-58)66-40-26-54(48-15-7-44(2)8-16-48)42-62(66)50-19-11-46(4)12-20-50/h6-43,65,70H,1-4H3;5-42,63,68H,1-4H3. The monoisotopic (exact) mass is 1880 g/mol. The van der Waals surface area contributed by atoms with E-state index in [0.29, 0.717) is 11.3 Å². The van der Waals surface area contributed by atoms with E-state index in [2.05, 4.69) is 474 Å². The molecule has 0 saturated carbocycles. The van der Waals surface area contributed by atoms with Crippen molar-refractivity contribution in [1.82, 2.24) is 0 Å². The third kappa shape index (κ3) is 17.6. The number of nitriles is 1. The number of benzene rings is 16. The molecule has 700 valence electrons. The van der Waals surface area contributed by atoms with Gasteiger partial charge >= 0.3 is 0 Å². The predicted molar refractivity (Wildman–Crippen MR) is 602 cm³/mol. The van der Waals surface area contributed by atoms with Gasteiger partial charge in [0.2, 0.25) is 0 Å². The zero-order chi connectivity index (χ0) is 99.5. The second kappa shape index (κ2) is 38.7. The summed E-state index contributed by atoms with van der Waals surface area (Å²) in [5, 5.41) is 9.98. The Labute approximate surface area is 854 Å². The Morgan fingerprint density at radius 3 is 0.849 bits per heavy atom. The first-order valence-corrected chi connectivity index (χ1v) is 50.0. The van der Waals surface area contributed by atoms with E-state index in [4.69, 9.17) is 6.57 Å². The molecule has 0 aliphatic heterocycles. The molecule has 16 aromatic carbocycles. The van der Waals surface area contributed by atoms with Crippen molar-refractivity contribution >= 4 is 51.2 Å². The fourth-order valence-corrected chi connectivity index (χ4v) is 21.8. The molecule has 0 spiro atoms. The molecular formula is C138H104F2N6. The molecule has 0 N–H and O–H groups in total. The van der Waals surface area contributed by atoms with E-state index < -0.39 is 0 Å². The number of hydrogen-bond donors (Lipinski definition) is 0. The van der Waals surface area contributed by atoms with Gasteiger partial charge in [-0.05, 0) is 323 Å². The van der Waals surface area contributed by atoms with Crippen LogP contribution in [0.2, 0.25) is 0 Å². The van der Waals surface area contributed by atoms with Gasteiger partial charge in [0.15, 0.2) is 5.69 Å². The second-order valence-corrected chi connectivity index (χ2v) is 39.3. The Morgan fingerprint density at radius 2 is 0.541 bits per heavy atom. The maximum Gasteiger partial charge on any atom is 0.187 e.